The van der Waals surface area contributed by atoms with Crippen LogP contribution in [0.4, 0.5) is 18.3 Å². The number of alkyl halides is 3. The van der Waals surface area contributed by atoms with E-state index in [0.717, 1.165) is 5.56 Å². The molecule has 0 spiro atoms. The lowest BCUT2D eigenvalue weighted by Crippen LogP contribution is -2.14. The summed E-state index contributed by atoms with van der Waals surface area (Å²) >= 11 is 0.404. The number of carbonyl (C=O) groups excluding carboxylic acids is 2. The summed E-state index contributed by atoms with van der Waals surface area (Å²) in [7, 11) is 0. The van der Waals surface area contributed by atoms with Crippen LogP contribution in [0, 0.1) is 0 Å². The summed E-state index contributed by atoms with van der Waals surface area (Å²) in [6.07, 6.45) is -4.86. The number of anilines is 1. The Balaban J connectivity index is 1.69. The van der Waals surface area contributed by atoms with E-state index in [0.29, 0.717) is 23.7 Å². The average Bonchev–Trinajstić information content (AvgIpc) is 3.18. The van der Waals surface area contributed by atoms with Crippen LogP contribution in [0.3, 0.4) is 0 Å². The van der Waals surface area contributed by atoms with Gasteiger partial charge in [0.15, 0.2) is 10.8 Å². The first-order chi connectivity index (χ1) is 14.8. The van der Waals surface area contributed by atoms with Crippen LogP contribution in [-0.4, -0.2) is 23.5 Å². The highest BCUT2D eigenvalue weighted by Crippen LogP contribution is 2.36. The third-order valence-corrected chi connectivity index (χ3v) is 4.89. The van der Waals surface area contributed by atoms with Gasteiger partial charge in [-0.15, -0.1) is 0 Å². The molecule has 31 heavy (non-hydrogen) atoms. The molecule has 6 nitrogen and oxygen atoms in total. The molecule has 0 bridgehead atoms. The van der Waals surface area contributed by atoms with Crippen LogP contribution in [-0.2, 0) is 17.5 Å². The smallest absolute Gasteiger partial charge is 0.435 e. The monoisotopic (exact) mass is 450 g/mol. The quantitative estimate of drug-likeness (QED) is 0.503. The number of nitrogens with zero attached hydrogens (tertiary/aromatic N) is 1. The van der Waals surface area contributed by atoms with Gasteiger partial charge in [0.1, 0.15) is 17.2 Å². The number of nitrogens with one attached hydrogen (secondary N) is 1. The average molecular weight is 450 g/mol. The molecular formula is C21H17F3N2O4S. The molecule has 1 aromatic heterocycles. The standard InChI is InChI=1S/C21H17F3N2O4S/c1-2-29-19(28)16-17(21(22,23)24)25-20(31-16)26-18(27)14-8-10-15(11-9-14)30-12-13-6-4-3-5-7-13/h3-11H,2,12H2,1H3,(H,25,26,27). The molecule has 3 aromatic rings. The van der Waals surface area contributed by atoms with Gasteiger partial charge in [0, 0.05) is 5.56 Å². The van der Waals surface area contributed by atoms with Crippen molar-refractivity contribution in [1.82, 2.24) is 4.98 Å². The minimum absolute atomic E-state index is 0.0889. The first kappa shape index (κ1) is 22.3. The fourth-order valence-corrected chi connectivity index (χ4v) is 3.39. The normalized spacial score (nSPS) is 11.1. The van der Waals surface area contributed by atoms with Gasteiger partial charge in [-0.05, 0) is 36.8 Å². The van der Waals surface area contributed by atoms with Crippen molar-refractivity contribution in [2.75, 3.05) is 11.9 Å². The third-order valence-electron chi connectivity index (χ3n) is 3.94. The van der Waals surface area contributed by atoms with Crippen LogP contribution in [0.1, 0.15) is 38.2 Å². The number of aromatic nitrogens is 1. The Morgan fingerprint density at radius 1 is 1.06 bits per heavy atom. The summed E-state index contributed by atoms with van der Waals surface area (Å²) < 4.78 is 49.8. The summed E-state index contributed by atoms with van der Waals surface area (Å²) in [5, 5.41) is 1.93. The number of thiazole rings is 1. The molecule has 0 radical (unpaired) electrons. The molecule has 1 N–H and O–H groups in total. The summed E-state index contributed by atoms with van der Waals surface area (Å²) in [5.74, 6) is -1.29. The fraction of sp³-hybridized carbons (Fsp3) is 0.190. The van der Waals surface area contributed by atoms with Gasteiger partial charge in [0.05, 0.1) is 6.61 Å². The zero-order valence-electron chi connectivity index (χ0n) is 16.2. The Bertz CT molecular complexity index is 1050. The molecule has 3 rings (SSSR count). The van der Waals surface area contributed by atoms with E-state index in [2.05, 4.69) is 15.0 Å². The molecule has 1 amide bonds. The maximum atomic E-state index is 13.2. The lowest BCUT2D eigenvalue weighted by molar-refractivity contribution is -0.141. The Morgan fingerprint density at radius 3 is 2.35 bits per heavy atom. The Morgan fingerprint density at radius 2 is 1.74 bits per heavy atom. The van der Waals surface area contributed by atoms with E-state index in [1.54, 1.807) is 12.1 Å². The van der Waals surface area contributed by atoms with Crippen molar-refractivity contribution < 1.29 is 32.2 Å². The maximum absolute atomic E-state index is 13.2. The van der Waals surface area contributed by atoms with Gasteiger partial charge in [-0.1, -0.05) is 41.7 Å². The Labute approximate surface area is 179 Å². The molecule has 0 aliphatic rings. The second-order valence-corrected chi connectivity index (χ2v) is 7.17. The molecule has 162 valence electrons. The molecule has 0 saturated heterocycles. The van der Waals surface area contributed by atoms with Crippen LogP contribution < -0.4 is 10.1 Å². The largest absolute Gasteiger partial charge is 0.489 e. The number of ether oxygens (including phenoxy) is 2. The van der Waals surface area contributed by atoms with Crippen LogP contribution >= 0.6 is 11.3 Å². The fourth-order valence-electron chi connectivity index (χ4n) is 2.51. The first-order valence-electron chi connectivity index (χ1n) is 9.11. The van der Waals surface area contributed by atoms with Gasteiger partial charge in [-0.2, -0.15) is 13.2 Å². The maximum Gasteiger partial charge on any atom is 0.435 e. The van der Waals surface area contributed by atoms with Crippen molar-refractivity contribution in [3.05, 3.63) is 76.3 Å². The highest BCUT2D eigenvalue weighted by atomic mass is 32.1. The molecule has 2 aromatic carbocycles. The van der Waals surface area contributed by atoms with E-state index in [1.807, 2.05) is 30.3 Å². The van der Waals surface area contributed by atoms with E-state index < -0.39 is 28.6 Å². The number of halogens is 3. The number of carbonyl (C=O) groups is 2. The van der Waals surface area contributed by atoms with E-state index >= 15 is 0 Å². The van der Waals surface area contributed by atoms with Crippen molar-refractivity contribution in [2.45, 2.75) is 19.7 Å². The van der Waals surface area contributed by atoms with Crippen molar-refractivity contribution in [2.24, 2.45) is 0 Å². The van der Waals surface area contributed by atoms with Gasteiger partial charge >= 0.3 is 12.1 Å². The molecule has 10 heteroatoms. The zero-order chi connectivity index (χ0) is 22.4. The second-order valence-electron chi connectivity index (χ2n) is 6.17. The van der Waals surface area contributed by atoms with Crippen molar-refractivity contribution in [3.8, 4) is 5.75 Å². The molecule has 0 aliphatic heterocycles. The number of amides is 1. The summed E-state index contributed by atoms with van der Waals surface area (Å²) in [5.41, 5.74) is -0.227. The summed E-state index contributed by atoms with van der Waals surface area (Å²) in [6.45, 7) is 1.74. The third kappa shape index (κ3) is 5.82. The number of rotatable bonds is 7. The summed E-state index contributed by atoms with van der Waals surface area (Å²) in [6, 6.07) is 15.6. The molecule has 0 unspecified atom stereocenters. The van der Waals surface area contributed by atoms with Gasteiger partial charge in [0.25, 0.3) is 5.91 Å². The van der Waals surface area contributed by atoms with Crippen LogP contribution in [0.2, 0.25) is 0 Å². The molecular weight excluding hydrogens is 433 g/mol. The van der Waals surface area contributed by atoms with E-state index in [1.165, 1.54) is 19.1 Å². The predicted octanol–water partition coefficient (Wildman–Crippen LogP) is 5.17. The lowest BCUT2D eigenvalue weighted by atomic mass is 10.2. The zero-order valence-corrected chi connectivity index (χ0v) is 17.0. The van der Waals surface area contributed by atoms with Crippen molar-refractivity contribution >= 4 is 28.3 Å². The van der Waals surface area contributed by atoms with Gasteiger partial charge in [-0.25, -0.2) is 9.78 Å². The van der Waals surface area contributed by atoms with Gasteiger partial charge in [-0.3, -0.25) is 10.1 Å². The Hall–Kier alpha value is -3.40. The van der Waals surface area contributed by atoms with Crippen LogP contribution in [0.25, 0.3) is 0 Å². The van der Waals surface area contributed by atoms with Crippen molar-refractivity contribution in [1.29, 1.82) is 0 Å². The minimum atomic E-state index is -4.86. The van der Waals surface area contributed by atoms with E-state index in [4.69, 9.17) is 4.74 Å². The Kier molecular flexibility index (Phi) is 6.91. The van der Waals surface area contributed by atoms with E-state index in [9.17, 15) is 22.8 Å². The highest BCUT2D eigenvalue weighted by Gasteiger charge is 2.40. The molecule has 1 heterocycles. The topological polar surface area (TPSA) is 77.5 Å². The first-order valence-corrected chi connectivity index (χ1v) is 9.93. The SMILES string of the molecule is CCOC(=O)c1sc(NC(=O)c2ccc(OCc3ccccc3)cc2)nc1C(F)(F)F. The second kappa shape index (κ2) is 9.61. The lowest BCUT2D eigenvalue weighted by Gasteiger charge is -2.07. The van der Waals surface area contributed by atoms with Gasteiger partial charge < -0.3 is 9.47 Å². The molecule has 0 saturated carbocycles. The van der Waals surface area contributed by atoms with E-state index in [-0.39, 0.29) is 17.3 Å². The van der Waals surface area contributed by atoms with Crippen molar-refractivity contribution in [3.63, 3.8) is 0 Å². The minimum Gasteiger partial charge on any atom is -0.489 e. The van der Waals surface area contributed by atoms with Crippen LogP contribution in [0.5, 0.6) is 5.75 Å². The van der Waals surface area contributed by atoms with Gasteiger partial charge in [0.2, 0.25) is 0 Å². The molecule has 0 aliphatic carbocycles. The number of hydrogen-bond acceptors (Lipinski definition) is 6. The number of benzene rings is 2. The number of esters is 1. The summed E-state index contributed by atoms with van der Waals surface area (Å²) in [4.78, 5) is 26.8. The van der Waals surface area contributed by atoms with Crippen LogP contribution in [0.15, 0.2) is 54.6 Å². The highest BCUT2D eigenvalue weighted by molar-refractivity contribution is 7.17. The molecule has 0 fully saturated rings. The number of hydrogen-bond donors (Lipinski definition) is 1. The predicted molar refractivity (Wildman–Crippen MR) is 108 cm³/mol. The molecule has 0 atom stereocenters.